The molecule has 43 heavy (non-hydrogen) atoms. The molecule has 1 fully saturated rings. The Labute approximate surface area is 262 Å². The SMILES string of the molecule is COC1=CC(=O)N(c2ccc3c(c2)CCCC(c2ccc(Cl)cc2Cl)=C3c2ccc(O[C@H]3CCN(CCCF)C3)cc2)C1. The monoisotopic (exact) mass is 620 g/mol. The van der Waals surface area contributed by atoms with Gasteiger partial charge in [0.05, 0.1) is 20.3 Å². The second-order valence-electron chi connectivity index (χ2n) is 11.3. The number of hydrogen-bond acceptors (Lipinski definition) is 4. The zero-order valence-electron chi connectivity index (χ0n) is 24.3. The van der Waals surface area contributed by atoms with E-state index in [1.54, 1.807) is 24.2 Å². The van der Waals surface area contributed by atoms with E-state index < -0.39 is 0 Å². The van der Waals surface area contributed by atoms with Crippen LogP contribution in [-0.2, 0) is 16.0 Å². The third-order valence-corrected chi connectivity index (χ3v) is 9.06. The Morgan fingerprint density at radius 2 is 1.81 bits per heavy atom. The van der Waals surface area contributed by atoms with Crippen molar-refractivity contribution in [1.29, 1.82) is 0 Å². The summed E-state index contributed by atoms with van der Waals surface area (Å²) in [4.78, 5) is 16.7. The van der Waals surface area contributed by atoms with Crippen LogP contribution in [0.2, 0.25) is 10.0 Å². The van der Waals surface area contributed by atoms with Crippen LogP contribution in [0.1, 0.15) is 47.9 Å². The van der Waals surface area contributed by atoms with E-state index in [1.807, 2.05) is 30.3 Å². The molecule has 3 aromatic rings. The molecule has 0 spiro atoms. The Balaban J connectivity index is 1.35. The zero-order chi connectivity index (χ0) is 29.9. The topological polar surface area (TPSA) is 42.0 Å². The number of fused-ring (bicyclic) bond motifs is 1. The fourth-order valence-electron chi connectivity index (χ4n) is 6.38. The van der Waals surface area contributed by atoms with E-state index in [0.717, 1.165) is 79.0 Å². The third-order valence-electron chi connectivity index (χ3n) is 8.51. The molecule has 2 heterocycles. The highest BCUT2D eigenvalue weighted by molar-refractivity contribution is 6.36. The number of likely N-dealkylation sites (tertiary alicyclic amines) is 1. The Morgan fingerprint density at radius 1 is 1.00 bits per heavy atom. The standard InChI is InChI=1S/C35H35Cl2FN2O3/c1-42-29-20-34(41)40(22-29)26-9-13-30-24(18-26)4-2-5-32(31-12-8-25(36)19-33(31)37)35(30)23-6-10-27(11-7-23)43-28-14-17-39(21-28)16-3-15-38/h6-13,18-20,28H,2-5,14-17,21-22H2,1H3/t28-/m0/s1. The predicted molar refractivity (Wildman–Crippen MR) is 172 cm³/mol. The summed E-state index contributed by atoms with van der Waals surface area (Å²) >= 11 is 13.1. The number of carbonyl (C=O) groups is 1. The first kappa shape index (κ1) is 29.7. The molecule has 3 aliphatic rings. The van der Waals surface area contributed by atoms with Crippen molar-refractivity contribution in [3.63, 3.8) is 0 Å². The first-order chi connectivity index (χ1) is 20.9. The maximum absolute atomic E-state index is 12.7. The average molecular weight is 622 g/mol. The zero-order valence-corrected chi connectivity index (χ0v) is 25.8. The number of alkyl halides is 1. The lowest BCUT2D eigenvalue weighted by atomic mass is 9.87. The van der Waals surface area contributed by atoms with Crippen molar-refractivity contribution >= 4 is 45.9 Å². The minimum atomic E-state index is -0.282. The molecule has 0 unspecified atom stereocenters. The van der Waals surface area contributed by atoms with Crippen LogP contribution in [0.15, 0.2) is 72.5 Å². The quantitative estimate of drug-likeness (QED) is 0.243. The van der Waals surface area contributed by atoms with Crippen LogP contribution in [0, 0.1) is 0 Å². The van der Waals surface area contributed by atoms with Gasteiger partial charge in [0.2, 0.25) is 0 Å². The fraction of sp³-hybridized carbons (Fsp3) is 0.343. The summed E-state index contributed by atoms with van der Waals surface area (Å²) in [6.45, 7) is 2.68. The summed E-state index contributed by atoms with van der Waals surface area (Å²) in [7, 11) is 1.59. The number of nitrogens with zero attached hydrogens (tertiary/aromatic N) is 2. The number of allylic oxidation sites excluding steroid dienone is 1. The highest BCUT2D eigenvalue weighted by atomic mass is 35.5. The lowest BCUT2D eigenvalue weighted by Crippen LogP contribution is -2.26. The Morgan fingerprint density at radius 3 is 2.56 bits per heavy atom. The van der Waals surface area contributed by atoms with E-state index in [1.165, 1.54) is 11.1 Å². The molecule has 0 saturated carbocycles. The minimum Gasteiger partial charge on any atom is -0.499 e. The van der Waals surface area contributed by atoms with Crippen molar-refractivity contribution in [2.24, 2.45) is 0 Å². The first-order valence-electron chi connectivity index (χ1n) is 14.9. The normalized spacial score (nSPS) is 19.0. The number of aryl methyl sites for hydroxylation is 1. The van der Waals surface area contributed by atoms with E-state index in [4.69, 9.17) is 32.7 Å². The number of halogens is 3. The summed E-state index contributed by atoms with van der Waals surface area (Å²) in [6, 6.07) is 20.3. The number of rotatable bonds is 9. The summed E-state index contributed by atoms with van der Waals surface area (Å²) in [5.41, 5.74) is 7.51. The van der Waals surface area contributed by atoms with Crippen molar-refractivity contribution in [1.82, 2.24) is 4.90 Å². The van der Waals surface area contributed by atoms with Gasteiger partial charge in [0.15, 0.2) is 0 Å². The molecule has 1 aliphatic carbocycles. The summed E-state index contributed by atoms with van der Waals surface area (Å²) in [5.74, 6) is 1.41. The van der Waals surface area contributed by atoms with E-state index >= 15 is 0 Å². The van der Waals surface area contributed by atoms with E-state index in [2.05, 4.69) is 29.2 Å². The Hall–Kier alpha value is -3.32. The van der Waals surface area contributed by atoms with Gasteiger partial charge in [-0.2, -0.15) is 0 Å². The van der Waals surface area contributed by atoms with Gasteiger partial charge in [0, 0.05) is 41.4 Å². The second-order valence-corrected chi connectivity index (χ2v) is 12.2. The van der Waals surface area contributed by atoms with Gasteiger partial charge in [-0.15, -0.1) is 0 Å². The highest BCUT2D eigenvalue weighted by Crippen LogP contribution is 2.43. The largest absolute Gasteiger partial charge is 0.499 e. The molecule has 0 N–H and O–H groups in total. The number of anilines is 1. The molecule has 6 rings (SSSR count). The smallest absolute Gasteiger partial charge is 0.254 e. The van der Waals surface area contributed by atoms with Crippen LogP contribution in [0.3, 0.4) is 0 Å². The molecule has 224 valence electrons. The number of hydrogen-bond donors (Lipinski definition) is 0. The molecule has 2 aliphatic heterocycles. The number of benzene rings is 3. The van der Waals surface area contributed by atoms with Gasteiger partial charge >= 0.3 is 0 Å². The molecule has 8 heteroatoms. The van der Waals surface area contributed by atoms with E-state index in [9.17, 15) is 9.18 Å². The number of amides is 1. The second kappa shape index (κ2) is 13.1. The average Bonchev–Trinajstić information content (AvgIpc) is 3.57. The van der Waals surface area contributed by atoms with Crippen LogP contribution < -0.4 is 9.64 Å². The number of ether oxygens (including phenoxy) is 2. The van der Waals surface area contributed by atoms with E-state index in [-0.39, 0.29) is 18.7 Å². The van der Waals surface area contributed by atoms with Gasteiger partial charge in [-0.3, -0.25) is 14.1 Å². The van der Waals surface area contributed by atoms with Gasteiger partial charge in [0.1, 0.15) is 17.6 Å². The van der Waals surface area contributed by atoms with Crippen molar-refractivity contribution in [2.45, 2.75) is 38.2 Å². The van der Waals surface area contributed by atoms with E-state index in [0.29, 0.717) is 28.8 Å². The molecule has 5 nitrogen and oxygen atoms in total. The number of carbonyl (C=O) groups excluding carboxylic acids is 1. The molecular formula is C35H35Cl2FN2O3. The molecule has 1 saturated heterocycles. The maximum atomic E-state index is 12.7. The summed E-state index contributed by atoms with van der Waals surface area (Å²) < 4.78 is 24.3. The fourth-order valence-corrected chi connectivity index (χ4v) is 6.91. The Kier molecular flexibility index (Phi) is 9.08. The van der Waals surface area contributed by atoms with Gasteiger partial charge in [-0.05, 0) is 102 Å². The summed E-state index contributed by atoms with van der Waals surface area (Å²) in [6.07, 6.45) is 5.81. The molecule has 0 radical (unpaired) electrons. The van der Waals surface area contributed by atoms with Gasteiger partial charge < -0.3 is 14.4 Å². The third kappa shape index (κ3) is 6.47. The highest BCUT2D eigenvalue weighted by Gasteiger charge is 2.27. The van der Waals surface area contributed by atoms with Crippen LogP contribution >= 0.6 is 23.2 Å². The lowest BCUT2D eigenvalue weighted by Gasteiger charge is -2.21. The molecule has 3 aromatic carbocycles. The maximum Gasteiger partial charge on any atom is 0.254 e. The molecule has 1 amide bonds. The lowest BCUT2D eigenvalue weighted by molar-refractivity contribution is -0.113. The first-order valence-corrected chi connectivity index (χ1v) is 15.6. The van der Waals surface area contributed by atoms with Crippen LogP contribution in [0.25, 0.3) is 11.1 Å². The molecule has 0 bridgehead atoms. The van der Waals surface area contributed by atoms with Gasteiger partial charge in [0.25, 0.3) is 5.91 Å². The van der Waals surface area contributed by atoms with Crippen LogP contribution in [-0.4, -0.2) is 56.9 Å². The molecular weight excluding hydrogens is 586 g/mol. The van der Waals surface area contributed by atoms with Crippen molar-refractivity contribution in [2.75, 3.05) is 44.9 Å². The van der Waals surface area contributed by atoms with Crippen LogP contribution in [0.4, 0.5) is 10.1 Å². The van der Waals surface area contributed by atoms with Crippen molar-refractivity contribution in [3.8, 4) is 5.75 Å². The Bertz CT molecular complexity index is 1570. The van der Waals surface area contributed by atoms with Gasteiger partial charge in [-0.1, -0.05) is 47.5 Å². The molecule has 1 atom stereocenters. The molecule has 0 aromatic heterocycles. The van der Waals surface area contributed by atoms with Crippen LogP contribution in [0.5, 0.6) is 5.75 Å². The van der Waals surface area contributed by atoms with Crippen molar-refractivity contribution < 1.29 is 18.7 Å². The summed E-state index contributed by atoms with van der Waals surface area (Å²) in [5, 5.41) is 1.23. The predicted octanol–water partition coefficient (Wildman–Crippen LogP) is 7.98. The van der Waals surface area contributed by atoms with Gasteiger partial charge in [-0.25, -0.2) is 0 Å². The number of methoxy groups -OCH3 is 1. The van der Waals surface area contributed by atoms with Crippen molar-refractivity contribution in [3.05, 3.63) is 105 Å². The minimum absolute atomic E-state index is 0.0711.